The number of benzene rings is 1. The van der Waals surface area contributed by atoms with E-state index >= 15 is 0 Å². The van der Waals surface area contributed by atoms with E-state index in [0.717, 1.165) is 10.6 Å². The summed E-state index contributed by atoms with van der Waals surface area (Å²) in [5, 5.41) is 12.9. The highest BCUT2D eigenvalue weighted by atomic mass is 35.5. The van der Waals surface area contributed by atoms with Crippen LogP contribution >= 0.6 is 11.6 Å². The Balaban J connectivity index is 2.64. The molecule has 0 radical (unpaired) electrons. The molecule has 0 heterocycles. The minimum atomic E-state index is 0.101. The van der Waals surface area contributed by atoms with Crippen molar-refractivity contribution in [3.05, 3.63) is 34.9 Å². The van der Waals surface area contributed by atoms with Gasteiger partial charge in [0.25, 0.3) is 0 Å². The van der Waals surface area contributed by atoms with E-state index in [2.05, 4.69) is 12.2 Å². The highest BCUT2D eigenvalue weighted by molar-refractivity contribution is 6.30. The van der Waals surface area contributed by atoms with Crippen molar-refractivity contribution in [1.82, 2.24) is 5.32 Å². The summed E-state index contributed by atoms with van der Waals surface area (Å²) in [4.78, 5) is 0. The Hall–Kier alpha value is -0.570. The van der Waals surface area contributed by atoms with Gasteiger partial charge in [0.1, 0.15) is 0 Å². The van der Waals surface area contributed by atoms with Crippen LogP contribution in [-0.2, 0) is 0 Å². The average molecular weight is 214 g/mol. The molecule has 1 rings (SSSR count). The van der Waals surface area contributed by atoms with Crippen LogP contribution in [-0.4, -0.2) is 17.8 Å². The van der Waals surface area contributed by atoms with Crippen molar-refractivity contribution >= 4 is 11.6 Å². The van der Waals surface area contributed by atoms with Gasteiger partial charge < -0.3 is 10.4 Å². The zero-order valence-corrected chi connectivity index (χ0v) is 9.25. The van der Waals surface area contributed by atoms with Crippen molar-refractivity contribution < 1.29 is 5.11 Å². The largest absolute Gasteiger partial charge is 0.395 e. The Morgan fingerprint density at radius 2 is 2.14 bits per heavy atom. The molecular formula is C11H16ClNO. The monoisotopic (exact) mass is 213 g/mol. The van der Waals surface area contributed by atoms with E-state index in [1.165, 1.54) is 0 Å². The van der Waals surface area contributed by atoms with Crippen molar-refractivity contribution in [2.24, 2.45) is 0 Å². The summed E-state index contributed by atoms with van der Waals surface area (Å²) in [6.45, 7) is 4.14. The summed E-state index contributed by atoms with van der Waals surface area (Å²) in [7, 11) is 0. The van der Waals surface area contributed by atoms with Gasteiger partial charge in [0, 0.05) is 17.1 Å². The summed E-state index contributed by atoms with van der Waals surface area (Å²) in [5.41, 5.74) is 1.14. The number of hydrogen-bond acceptors (Lipinski definition) is 2. The zero-order valence-electron chi connectivity index (χ0n) is 8.50. The van der Waals surface area contributed by atoms with Crippen LogP contribution < -0.4 is 5.32 Å². The second-order valence-corrected chi connectivity index (χ2v) is 3.96. The predicted molar refractivity (Wildman–Crippen MR) is 59.6 cm³/mol. The third-order valence-electron chi connectivity index (χ3n) is 2.16. The minimum Gasteiger partial charge on any atom is -0.395 e. The van der Waals surface area contributed by atoms with Crippen molar-refractivity contribution in [2.45, 2.75) is 25.9 Å². The standard InChI is InChI=1S/C11H16ClNO/c1-8(7-14)13-9(2)10-4-3-5-11(12)6-10/h3-6,8-9,13-14H,7H2,1-2H3/t8-,9-/m1/s1. The van der Waals surface area contributed by atoms with Crippen LogP contribution in [0.25, 0.3) is 0 Å². The molecule has 3 heteroatoms. The highest BCUT2D eigenvalue weighted by Gasteiger charge is 2.08. The first-order chi connectivity index (χ1) is 6.63. The van der Waals surface area contributed by atoms with Crippen molar-refractivity contribution in [3.8, 4) is 0 Å². The molecule has 2 N–H and O–H groups in total. The van der Waals surface area contributed by atoms with Crippen LogP contribution in [0, 0.1) is 0 Å². The van der Waals surface area contributed by atoms with Crippen LogP contribution in [0.3, 0.4) is 0 Å². The van der Waals surface area contributed by atoms with Crippen LogP contribution in [0.2, 0.25) is 5.02 Å². The van der Waals surface area contributed by atoms with Gasteiger partial charge in [0.05, 0.1) is 6.61 Å². The Morgan fingerprint density at radius 1 is 1.43 bits per heavy atom. The fraction of sp³-hybridized carbons (Fsp3) is 0.455. The van der Waals surface area contributed by atoms with Gasteiger partial charge in [-0.3, -0.25) is 0 Å². The van der Waals surface area contributed by atoms with Gasteiger partial charge in [-0.1, -0.05) is 23.7 Å². The predicted octanol–water partition coefficient (Wildman–Crippen LogP) is 2.37. The lowest BCUT2D eigenvalue weighted by Crippen LogP contribution is -2.31. The summed E-state index contributed by atoms with van der Waals surface area (Å²) < 4.78 is 0. The normalized spacial score (nSPS) is 15.1. The van der Waals surface area contributed by atoms with E-state index in [1.807, 2.05) is 31.2 Å². The molecule has 0 aliphatic carbocycles. The molecule has 0 saturated carbocycles. The maximum atomic E-state index is 8.90. The first kappa shape index (κ1) is 11.5. The molecular weight excluding hydrogens is 198 g/mol. The number of halogens is 1. The molecule has 0 spiro atoms. The van der Waals surface area contributed by atoms with Crippen LogP contribution in [0.15, 0.2) is 24.3 Å². The SMILES string of the molecule is C[C@H](CO)N[C@H](C)c1cccc(Cl)c1. The number of aliphatic hydroxyl groups is 1. The van der Waals surface area contributed by atoms with E-state index in [1.54, 1.807) is 0 Å². The van der Waals surface area contributed by atoms with Gasteiger partial charge in [-0.25, -0.2) is 0 Å². The Morgan fingerprint density at radius 3 is 2.71 bits per heavy atom. The van der Waals surface area contributed by atoms with Gasteiger partial charge in [-0.15, -0.1) is 0 Å². The van der Waals surface area contributed by atoms with Crippen molar-refractivity contribution in [2.75, 3.05) is 6.61 Å². The zero-order chi connectivity index (χ0) is 10.6. The number of rotatable bonds is 4. The summed E-state index contributed by atoms with van der Waals surface area (Å²) in [6.07, 6.45) is 0. The molecule has 0 bridgehead atoms. The van der Waals surface area contributed by atoms with E-state index in [0.29, 0.717) is 0 Å². The molecule has 0 saturated heterocycles. The third-order valence-corrected chi connectivity index (χ3v) is 2.39. The summed E-state index contributed by atoms with van der Waals surface area (Å²) in [5.74, 6) is 0. The molecule has 0 unspecified atom stereocenters. The van der Waals surface area contributed by atoms with Gasteiger partial charge in [-0.2, -0.15) is 0 Å². The quantitative estimate of drug-likeness (QED) is 0.805. The summed E-state index contributed by atoms with van der Waals surface area (Å²) in [6, 6.07) is 8.05. The van der Waals surface area contributed by atoms with Gasteiger partial charge in [0.15, 0.2) is 0 Å². The Bertz CT molecular complexity index is 290. The molecule has 1 aromatic rings. The fourth-order valence-corrected chi connectivity index (χ4v) is 1.55. The fourth-order valence-electron chi connectivity index (χ4n) is 1.35. The van der Waals surface area contributed by atoms with Crippen LogP contribution in [0.1, 0.15) is 25.5 Å². The first-order valence-corrected chi connectivity index (χ1v) is 5.13. The van der Waals surface area contributed by atoms with Crippen molar-refractivity contribution in [3.63, 3.8) is 0 Å². The van der Waals surface area contributed by atoms with E-state index in [-0.39, 0.29) is 18.7 Å². The summed E-state index contributed by atoms with van der Waals surface area (Å²) >= 11 is 5.88. The molecule has 2 atom stereocenters. The van der Waals surface area contributed by atoms with Gasteiger partial charge in [-0.05, 0) is 31.5 Å². The molecule has 78 valence electrons. The molecule has 14 heavy (non-hydrogen) atoms. The van der Waals surface area contributed by atoms with Crippen molar-refractivity contribution in [1.29, 1.82) is 0 Å². The molecule has 2 nitrogen and oxygen atoms in total. The molecule has 0 fully saturated rings. The Labute approximate surface area is 89.9 Å². The molecule has 0 aliphatic rings. The molecule has 1 aromatic carbocycles. The lowest BCUT2D eigenvalue weighted by Gasteiger charge is -2.18. The Kier molecular flexibility index (Phi) is 4.39. The smallest absolute Gasteiger partial charge is 0.0582 e. The van der Waals surface area contributed by atoms with Crippen LogP contribution in [0.5, 0.6) is 0 Å². The second kappa shape index (κ2) is 5.35. The number of aliphatic hydroxyl groups excluding tert-OH is 1. The van der Waals surface area contributed by atoms with Crippen LogP contribution in [0.4, 0.5) is 0 Å². The maximum absolute atomic E-state index is 8.90. The molecule has 0 aliphatic heterocycles. The van der Waals surface area contributed by atoms with E-state index < -0.39 is 0 Å². The first-order valence-electron chi connectivity index (χ1n) is 4.76. The lowest BCUT2D eigenvalue weighted by atomic mass is 10.1. The molecule has 0 aromatic heterocycles. The van der Waals surface area contributed by atoms with E-state index in [4.69, 9.17) is 16.7 Å². The minimum absolute atomic E-state index is 0.101. The topological polar surface area (TPSA) is 32.3 Å². The maximum Gasteiger partial charge on any atom is 0.0582 e. The number of nitrogens with one attached hydrogen (secondary N) is 1. The number of hydrogen-bond donors (Lipinski definition) is 2. The van der Waals surface area contributed by atoms with Gasteiger partial charge >= 0.3 is 0 Å². The second-order valence-electron chi connectivity index (χ2n) is 3.53. The molecule has 0 amide bonds. The average Bonchev–Trinajstić information content (AvgIpc) is 2.17. The highest BCUT2D eigenvalue weighted by Crippen LogP contribution is 2.17. The van der Waals surface area contributed by atoms with E-state index in [9.17, 15) is 0 Å². The lowest BCUT2D eigenvalue weighted by molar-refractivity contribution is 0.243. The third kappa shape index (κ3) is 3.29. The van der Waals surface area contributed by atoms with Gasteiger partial charge in [0.2, 0.25) is 0 Å².